The number of H-pyrrole nitrogens is 1. The van der Waals surface area contributed by atoms with E-state index >= 15 is 0 Å². The van der Waals surface area contributed by atoms with Crippen LogP contribution in [0.5, 0.6) is 0 Å². The molecule has 11 heteroatoms. The number of aromatic nitrogens is 4. The second-order valence-corrected chi connectivity index (χ2v) is 7.25. The lowest BCUT2D eigenvalue weighted by molar-refractivity contribution is -0.126. The van der Waals surface area contributed by atoms with E-state index in [2.05, 4.69) is 31.0 Å². The van der Waals surface area contributed by atoms with Gasteiger partial charge in [0.25, 0.3) is 5.91 Å². The number of carbonyl (C=O) groups excluding carboxylic acids is 2. The van der Waals surface area contributed by atoms with Crippen molar-refractivity contribution in [1.29, 1.82) is 0 Å². The fraction of sp³-hybridized carbons (Fsp3) is 0.235. The predicted molar refractivity (Wildman–Crippen MR) is 104 cm³/mol. The zero-order valence-corrected chi connectivity index (χ0v) is 16.4. The van der Waals surface area contributed by atoms with Gasteiger partial charge in [0.05, 0.1) is 6.20 Å². The molecule has 0 saturated heterocycles. The van der Waals surface area contributed by atoms with Crippen LogP contribution < -0.4 is 10.6 Å². The zero-order valence-electron chi connectivity index (χ0n) is 14.9. The highest BCUT2D eigenvalue weighted by molar-refractivity contribution is 7.13. The molecule has 2 amide bonds. The minimum absolute atomic E-state index is 0.0836. The molecule has 2 aromatic heterocycles. The Kier molecular flexibility index (Phi) is 6.69. The van der Waals surface area contributed by atoms with Crippen LogP contribution in [-0.2, 0) is 22.7 Å². The summed E-state index contributed by atoms with van der Waals surface area (Å²) in [5.74, 6) is -0.650. The molecule has 0 bridgehead atoms. The van der Waals surface area contributed by atoms with Gasteiger partial charge in [-0.2, -0.15) is 5.10 Å². The molecular formula is C17H17ClN6O3S. The zero-order chi connectivity index (χ0) is 19.9. The second kappa shape index (κ2) is 9.40. The second-order valence-electron chi connectivity index (χ2n) is 5.76. The molecule has 28 heavy (non-hydrogen) atoms. The number of hydrogen-bond donors (Lipinski definition) is 3. The summed E-state index contributed by atoms with van der Waals surface area (Å²) >= 11 is 6.98. The fourth-order valence-electron chi connectivity index (χ4n) is 2.18. The molecule has 0 saturated carbocycles. The van der Waals surface area contributed by atoms with E-state index < -0.39 is 0 Å². The van der Waals surface area contributed by atoms with E-state index in [0.717, 1.165) is 22.6 Å². The Morgan fingerprint density at radius 3 is 2.93 bits per heavy atom. The average molecular weight is 421 g/mol. The Balaban J connectivity index is 1.42. The van der Waals surface area contributed by atoms with Gasteiger partial charge in [0.1, 0.15) is 18.2 Å². The maximum atomic E-state index is 12.2. The summed E-state index contributed by atoms with van der Waals surface area (Å²) in [6.45, 7) is 2.21. The molecular weight excluding hydrogens is 404 g/mol. The molecule has 1 aromatic carbocycles. The van der Waals surface area contributed by atoms with Gasteiger partial charge in [0.2, 0.25) is 10.9 Å². The van der Waals surface area contributed by atoms with E-state index in [0.29, 0.717) is 22.3 Å². The Morgan fingerprint density at radius 1 is 1.32 bits per heavy atom. The molecule has 0 fully saturated rings. The summed E-state index contributed by atoms with van der Waals surface area (Å²) in [6.07, 6.45) is 1.66. The number of benzene rings is 1. The van der Waals surface area contributed by atoms with Crippen LogP contribution in [0.4, 0.5) is 5.69 Å². The molecule has 0 aliphatic rings. The highest BCUT2D eigenvalue weighted by atomic mass is 35.5. The van der Waals surface area contributed by atoms with Crippen molar-refractivity contribution in [1.82, 2.24) is 25.7 Å². The van der Waals surface area contributed by atoms with Crippen molar-refractivity contribution in [3.63, 3.8) is 0 Å². The summed E-state index contributed by atoms with van der Waals surface area (Å²) in [6, 6.07) is 6.80. The van der Waals surface area contributed by atoms with Crippen LogP contribution in [0.2, 0.25) is 5.02 Å². The Bertz CT molecular complexity index is 973. The van der Waals surface area contributed by atoms with E-state index in [1.807, 2.05) is 6.92 Å². The van der Waals surface area contributed by atoms with Gasteiger partial charge in [-0.1, -0.05) is 29.0 Å². The number of rotatable bonds is 8. The van der Waals surface area contributed by atoms with Crippen molar-refractivity contribution >= 4 is 40.4 Å². The number of aryl methyl sites for hydroxylation is 1. The van der Waals surface area contributed by atoms with Gasteiger partial charge in [-0.3, -0.25) is 14.7 Å². The topological polar surface area (TPSA) is 122 Å². The minimum Gasteiger partial charge on any atom is -0.364 e. The number of nitrogens with one attached hydrogen (secondary N) is 3. The van der Waals surface area contributed by atoms with Crippen LogP contribution in [0.3, 0.4) is 0 Å². The molecule has 3 rings (SSSR count). The molecule has 0 unspecified atom stereocenters. The normalized spacial score (nSPS) is 10.6. The lowest BCUT2D eigenvalue weighted by Gasteiger charge is -2.04. The Labute approximate surface area is 169 Å². The molecule has 146 valence electrons. The van der Waals surface area contributed by atoms with Crippen molar-refractivity contribution in [3.8, 4) is 0 Å². The van der Waals surface area contributed by atoms with E-state index in [9.17, 15) is 9.59 Å². The fourth-order valence-corrected chi connectivity index (χ4v) is 3.05. The summed E-state index contributed by atoms with van der Waals surface area (Å²) in [7, 11) is 0. The smallest absolute Gasteiger partial charge is 0.286 e. The Hall–Kier alpha value is -2.82. The lowest BCUT2D eigenvalue weighted by Crippen LogP contribution is -2.27. The number of amides is 2. The van der Waals surface area contributed by atoms with Gasteiger partial charge in [-0.25, -0.2) is 0 Å². The summed E-state index contributed by atoms with van der Waals surface area (Å²) < 4.78 is 5.33. The van der Waals surface area contributed by atoms with Crippen LogP contribution in [0.25, 0.3) is 0 Å². The van der Waals surface area contributed by atoms with Crippen molar-refractivity contribution in [2.45, 2.75) is 20.1 Å². The number of aromatic amines is 1. The highest BCUT2D eigenvalue weighted by Crippen LogP contribution is 2.17. The number of anilines is 1. The number of halogens is 1. The standard InChI is InChI=1S/C17H17ClN6O3S/c1-10-11(7-20-22-10)6-19-14(25)8-27-9-15-23-24-17(28-15)16(26)21-13-4-2-3-12(18)5-13/h2-5,7H,6,8-9H2,1H3,(H,19,25)(H,20,22)(H,21,26). The van der Waals surface area contributed by atoms with Crippen molar-refractivity contribution in [3.05, 3.63) is 56.8 Å². The first kappa shape index (κ1) is 19.9. The molecule has 3 aromatic rings. The molecule has 0 atom stereocenters. The van der Waals surface area contributed by atoms with E-state index in [1.165, 1.54) is 0 Å². The summed E-state index contributed by atoms with van der Waals surface area (Å²) in [4.78, 5) is 24.0. The highest BCUT2D eigenvalue weighted by Gasteiger charge is 2.14. The van der Waals surface area contributed by atoms with E-state index in [-0.39, 0.29) is 30.0 Å². The number of carbonyl (C=O) groups is 2. The van der Waals surface area contributed by atoms with Crippen LogP contribution in [-0.4, -0.2) is 38.8 Å². The van der Waals surface area contributed by atoms with Gasteiger partial charge < -0.3 is 15.4 Å². The molecule has 0 spiro atoms. The molecule has 0 aliphatic heterocycles. The predicted octanol–water partition coefficient (Wildman–Crippen LogP) is 2.31. The maximum absolute atomic E-state index is 12.2. The van der Waals surface area contributed by atoms with E-state index in [4.69, 9.17) is 16.3 Å². The molecule has 2 heterocycles. The van der Waals surface area contributed by atoms with Crippen LogP contribution in [0.1, 0.15) is 26.1 Å². The molecule has 9 nitrogen and oxygen atoms in total. The van der Waals surface area contributed by atoms with Gasteiger partial charge in [0.15, 0.2) is 0 Å². The number of hydrogen-bond acceptors (Lipinski definition) is 7. The van der Waals surface area contributed by atoms with Gasteiger partial charge in [-0.15, -0.1) is 10.2 Å². The SMILES string of the molecule is Cc1[nH]ncc1CNC(=O)COCc1nnc(C(=O)Nc2cccc(Cl)c2)s1. The van der Waals surface area contributed by atoms with Crippen molar-refractivity contribution in [2.24, 2.45) is 0 Å². The number of nitrogens with zero attached hydrogens (tertiary/aromatic N) is 3. The third-order valence-electron chi connectivity index (χ3n) is 3.61. The van der Waals surface area contributed by atoms with Gasteiger partial charge in [-0.05, 0) is 25.1 Å². The maximum Gasteiger partial charge on any atom is 0.286 e. The largest absolute Gasteiger partial charge is 0.364 e. The molecule has 3 N–H and O–H groups in total. The summed E-state index contributed by atoms with van der Waals surface area (Å²) in [5, 5.41) is 21.1. The third-order valence-corrected chi connectivity index (χ3v) is 4.74. The van der Waals surface area contributed by atoms with E-state index in [1.54, 1.807) is 30.5 Å². The van der Waals surface area contributed by atoms with Crippen molar-refractivity contribution in [2.75, 3.05) is 11.9 Å². The quantitative estimate of drug-likeness (QED) is 0.514. The lowest BCUT2D eigenvalue weighted by atomic mass is 10.2. The van der Waals surface area contributed by atoms with Crippen LogP contribution in [0, 0.1) is 6.92 Å². The first-order chi connectivity index (χ1) is 13.5. The molecule has 0 aliphatic carbocycles. The third kappa shape index (κ3) is 5.59. The molecule has 0 radical (unpaired) electrons. The average Bonchev–Trinajstić information content (AvgIpc) is 3.29. The summed E-state index contributed by atoms with van der Waals surface area (Å²) in [5.41, 5.74) is 2.38. The first-order valence-corrected chi connectivity index (χ1v) is 9.43. The van der Waals surface area contributed by atoms with Crippen LogP contribution in [0.15, 0.2) is 30.5 Å². The number of ether oxygens (including phenoxy) is 1. The monoisotopic (exact) mass is 420 g/mol. The Morgan fingerprint density at radius 2 is 2.18 bits per heavy atom. The van der Waals surface area contributed by atoms with Gasteiger partial charge >= 0.3 is 0 Å². The minimum atomic E-state index is -0.390. The van der Waals surface area contributed by atoms with Gasteiger partial charge in [0, 0.05) is 28.5 Å². The van der Waals surface area contributed by atoms with Crippen LogP contribution >= 0.6 is 22.9 Å². The van der Waals surface area contributed by atoms with Crippen molar-refractivity contribution < 1.29 is 14.3 Å². The first-order valence-electron chi connectivity index (χ1n) is 8.24.